The SMILES string of the molecule is CC(C)(C)OC(=O)N1CCN(C(=O)OC(C)(C)C)CC(C(=O)ON2C(=O)CCC2=O)C1. The lowest BCUT2D eigenvalue weighted by molar-refractivity contribution is -0.201. The smallest absolute Gasteiger partial charge is 0.410 e. The number of carbonyl (C=O) groups is 5. The predicted molar refractivity (Wildman–Crippen MR) is 106 cm³/mol. The van der Waals surface area contributed by atoms with Gasteiger partial charge in [0.1, 0.15) is 11.2 Å². The third-order valence-electron chi connectivity index (χ3n) is 4.35. The van der Waals surface area contributed by atoms with Crippen molar-refractivity contribution < 1.29 is 38.3 Å². The van der Waals surface area contributed by atoms with Crippen LogP contribution in [0.4, 0.5) is 9.59 Å². The van der Waals surface area contributed by atoms with E-state index in [-0.39, 0.29) is 39.0 Å². The highest BCUT2D eigenvalue weighted by atomic mass is 16.7. The van der Waals surface area contributed by atoms with Gasteiger partial charge < -0.3 is 24.1 Å². The zero-order chi connectivity index (χ0) is 23.6. The monoisotopic (exact) mass is 441 g/mol. The molecule has 0 aromatic heterocycles. The average molecular weight is 441 g/mol. The zero-order valence-corrected chi connectivity index (χ0v) is 18.9. The van der Waals surface area contributed by atoms with Gasteiger partial charge in [-0.2, -0.15) is 0 Å². The Hall–Kier alpha value is -2.85. The van der Waals surface area contributed by atoms with Crippen LogP contribution in [0.3, 0.4) is 0 Å². The lowest BCUT2D eigenvalue weighted by Gasteiger charge is -2.27. The molecule has 2 saturated heterocycles. The maximum Gasteiger partial charge on any atom is 0.410 e. The molecule has 11 heteroatoms. The van der Waals surface area contributed by atoms with E-state index in [9.17, 15) is 24.0 Å². The Morgan fingerprint density at radius 1 is 0.774 bits per heavy atom. The van der Waals surface area contributed by atoms with Crippen molar-refractivity contribution in [2.45, 2.75) is 65.6 Å². The molecule has 0 aromatic rings. The van der Waals surface area contributed by atoms with Gasteiger partial charge >= 0.3 is 18.2 Å². The first kappa shape index (κ1) is 24.4. The van der Waals surface area contributed by atoms with Crippen molar-refractivity contribution in [2.75, 3.05) is 26.2 Å². The first-order chi connectivity index (χ1) is 14.2. The predicted octanol–water partition coefficient (Wildman–Crippen LogP) is 1.70. The van der Waals surface area contributed by atoms with Crippen molar-refractivity contribution in [2.24, 2.45) is 5.92 Å². The molecule has 0 saturated carbocycles. The minimum absolute atomic E-state index is 0.0369. The van der Waals surface area contributed by atoms with Gasteiger partial charge in [0.2, 0.25) is 0 Å². The first-order valence-corrected chi connectivity index (χ1v) is 10.2. The van der Waals surface area contributed by atoms with Crippen LogP contribution in [0.15, 0.2) is 0 Å². The van der Waals surface area contributed by atoms with Gasteiger partial charge in [-0.1, -0.05) is 0 Å². The number of nitrogens with zero attached hydrogens (tertiary/aromatic N) is 3. The van der Waals surface area contributed by atoms with Gasteiger partial charge in [0.05, 0.1) is 5.92 Å². The Labute approximate surface area is 181 Å². The maximum absolute atomic E-state index is 12.8. The van der Waals surface area contributed by atoms with E-state index < -0.39 is 47.1 Å². The lowest BCUT2D eigenvalue weighted by Crippen LogP contribution is -2.44. The van der Waals surface area contributed by atoms with Crippen molar-refractivity contribution in [1.29, 1.82) is 0 Å². The van der Waals surface area contributed by atoms with E-state index in [1.165, 1.54) is 9.80 Å². The van der Waals surface area contributed by atoms with Gasteiger partial charge in [-0.05, 0) is 41.5 Å². The van der Waals surface area contributed by atoms with Crippen molar-refractivity contribution >= 4 is 30.0 Å². The number of rotatable bonds is 2. The van der Waals surface area contributed by atoms with E-state index in [2.05, 4.69) is 0 Å². The van der Waals surface area contributed by atoms with Crippen LogP contribution in [-0.4, -0.2) is 82.2 Å². The molecule has 0 radical (unpaired) electrons. The van der Waals surface area contributed by atoms with Crippen LogP contribution in [-0.2, 0) is 28.7 Å². The topological polar surface area (TPSA) is 123 Å². The molecule has 11 nitrogen and oxygen atoms in total. The quantitative estimate of drug-likeness (QED) is 0.593. The number of hydrogen-bond acceptors (Lipinski definition) is 8. The molecule has 0 aliphatic carbocycles. The lowest BCUT2D eigenvalue weighted by atomic mass is 10.1. The van der Waals surface area contributed by atoms with Crippen LogP contribution in [0.25, 0.3) is 0 Å². The van der Waals surface area contributed by atoms with Crippen LogP contribution in [0.5, 0.6) is 0 Å². The summed E-state index contributed by atoms with van der Waals surface area (Å²) >= 11 is 0. The summed E-state index contributed by atoms with van der Waals surface area (Å²) in [6, 6.07) is 0. The Balaban J connectivity index is 2.20. The number of carbonyl (C=O) groups excluding carboxylic acids is 5. The molecule has 0 aromatic carbocycles. The standard InChI is InChI=1S/C20H31N3O8/c1-19(2,3)29-17(27)21-9-10-22(18(28)30-20(4,5)6)12-13(11-21)16(26)31-23-14(24)7-8-15(23)25/h13H,7-12H2,1-6H3. The van der Waals surface area contributed by atoms with Crippen molar-refractivity contribution in [3.05, 3.63) is 0 Å². The van der Waals surface area contributed by atoms with Crippen LogP contribution in [0, 0.1) is 5.92 Å². The van der Waals surface area contributed by atoms with Crippen LogP contribution < -0.4 is 0 Å². The fraction of sp³-hybridized carbons (Fsp3) is 0.750. The van der Waals surface area contributed by atoms with Crippen molar-refractivity contribution in [1.82, 2.24) is 14.9 Å². The third-order valence-corrected chi connectivity index (χ3v) is 4.35. The van der Waals surface area contributed by atoms with E-state index in [1.807, 2.05) is 0 Å². The average Bonchev–Trinajstić information content (AvgIpc) is 2.82. The fourth-order valence-corrected chi connectivity index (χ4v) is 2.97. The number of hydroxylamine groups is 2. The molecule has 4 amide bonds. The van der Waals surface area contributed by atoms with Crippen LogP contribution >= 0.6 is 0 Å². The molecule has 31 heavy (non-hydrogen) atoms. The fourth-order valence-electron chi connectivity index (χ4n) is 2.97. The van der Waals surface area contributed by atoms with Gasteiger partial charge in [-0.3, -0.25) is 9.59 Å². The van der Waals surface area contributed by atoms with Crippen molar-refractivity contribution in [3.8, 4) is 0 Å². The molecule has 2 heterocycles. The molecule has 0 N–H and O–H groups in total. The van der Waals surface area contributed by atoms with Crippen LogP contribution in [0.2, 0.25) is 0 Å². The van der Waals surface area contributed by atoms with Gasteiger partial charge in [0.15, 0.2) is 0 Å². The number of amides is 4. The molecule has 0 bridgehead atoms. The molecule has 2 aliphatic heterocycles. The molecule has 2 aliphatic rings. The molecule has 174 valence electrons. The first-order valence-electron chi connectivity index (χ1n) is 10.2. The molecular weight excluding hydrogens is 410 g/mol. The second-order valence-electron chi connectivity index (χ2n) is 9.54. The summed E-state index contributed by atoms with van der Waals surface area (Å²) in [6.45, 7) is 10.3. The summed E-state index contributed by atoms with van der Waals surface area (Å²) in [5, 5.41) is 0.447. The van der Waals surface area contributed by atoms with Gasteiger partial charge in [-0.15, -0.1) is 5.06 Å². The van der Waals surface area contributed by atoms with E-state index in [0.717, 1.165) is 0 Å². The molecule has 0 spiro atoms. The Kier molecular flexibility index (Phi) is 7.17. The Morgan fingerprint density at radius 3 is 1.52 bits per heavy atom. The summed E-state index contributed by atoms with van der Waals surface area (Å²) in [7, 11) is 0. The maximum atomic E-state index is 12.8. The summed E-state index contributed by atoms with van der Waals surface area (Å²) in [5.41, 5.74) is -1.50. The normalized spacial score (nSPS) is 18.7. The highest BCUT2D eigenvalue weighted by Crippen LogP contribution is 2.20. The van der Waals surface area contributed by atoms with E-state index in [4.69, 9.17) is 14.3 Å². The summed E-state index contributed by atoms with van der Waals surface area (Å²) in [6.07, 6.45) is -1.37. The Morgan fingerprint density at radius 2 is 1.16 bits per heavy atom. The van der Waals surface area contributed by atoms with Gasteiger partial charge in [0.25, 0.3) is 11.8 Å². The van der Waals surface area contributed by atoms with Crippen molar-refractivity contribution in [3.63, 3.8) is 0 Å². The van der Waals surface area contributed by atoms with Crippen LogP contribution in [0.1, 0.15) is 54.4 Å². The molecular formula is C20H31N3O8. The minimum Gasteiger partial charge on any atom is -0.444 e. The third kappa shape index (κ3) is 7.11. The summed E-state index contributed by atoms with van der Waals surface area (Å²) in [4.78, 5) is 69.2. The highest BCUT2D eigenvalue weighted by molar-refractivity contribution is 6.01. The Bertz CT molecular complexity index is 699. The van der Waals surface area contributed by atoms with Gasteiger partial charge in [-0.25, -0.2) is 14.4 Å². The zero-order valence-electron chi connectivity index (χ0n) is 18.9. The number of hydrogen-bond donors (Lipinski definition) is 0. The second-order valence-corrected chi connectivity index (χ2v) is 9.54. The van der Waals surface area contributed by atoms with E-state index in [1.54, 1.807) is 41.5 Å². The number of imide groups is 1. The molecule has 2 fully saturated rings. The molecule has 2 rings (SSSR count). The highest BCUT2D eigenvalue weighted by Gasteiger charge is 2.39. The van der Waals surface area contributed by atoms with E-state index in [0.29, 0.717) is 5.06 Å². The minimum atomic E-state index is -1.01. The molecule has 0 unspecified atom stereocenters. The summed E-state index contributed by atoms with van der Waals surface area (Å²) in [5.74, 6) is -3.13. The van der Waals surface area contributed by atoms with Gasteiger partial charge in [0, 0.05) is 39.0 Å². The summed E-state index contributed by atoms with van der Waals surface area (Å²) < 4.78 is 10.8. The second kappa shape index (κ2) is 9.11. The largest absolute Gasteiger partial charge is 0.444 e. The van der Waals surface area contributed by atoms with E-state index >= 15 is 0 Å². The molecule has 0 atom stereocenters. The number of ether oxygens (including phenoxy) is 2.